The lowest BCUT2D eigenvalue weighted by atomic mass is 10.0. The Morgan fingerprint density at radius 2 is 2.10 bits per heavy atom. The smallest absolute Gasteiger partial charge is 0.126 e. The van der Waals surface area contributed by atoms with E-state index in [1.807, 2.05) is 6.20 Å². The van der Waals surface area contributed by atoms with E-state index in [0.717, 1.165) is 31.4 Å². The topological polar surface area (TPSA) is 31.4 Å². The predicted octanol–water partition coefficient (Wildman–Crippen LogP) is 2.43. The van der Waals surface area contributed by atoms with Crippen molar-refractivity contribution in [1.82, 2.24) is 14.8 Å². The van der Waals surface area contributed by atoms with Gasteiger partial charge in [0.1, 0.15) is 5.82 Å². The molecule has 0 bridgehead atoms. The van der Waals surface area contributed by atoms with Crippen LogP contribution in [-0.2, 0) is 6.54 Å². The molecule has 112 valence electrons. The Morgan fingerprint density at radius 3 is 2.75 bits per heavy atom. The van der Waals surface area contributed by atoms with Crippen LogP contribution in [-0.4, -0.2) is 54.6 Å². The third-order valence-corrected chi connectivity index (χ3v) is 4.07. The first kappa shape index (κ1) is 15.3. The SMILES string of the molecule is CCCNc1cc(CN2CCC(N(C)C)CC2)ccn1. The molecule has 1 saturated heterocycles. The van der Waals surface area contributed by atoms with Crippen molar-refractivity contribution in [2.75, 3.05) is 39.0 Å². The van der Waals surface area contributed by atoms with Crippen molar-refractivity contribution in [1.29, 1.82) is 0 Å². The van der Waals surface area contributed by atoms with Gasteiger partial charge in [0.05, 0.1) is 0 Å². The van der Waals surface area contributed by atoms with Crippen LogP contribution in [0.3, 0.4) is 0 Å². The second-order valence-electron chi connectivity index (χ2n) is 5.95. The molecule has 20 heavy (non-hydrogen) atoms. The lowest BCUT2D eigenvalue weighted by molar-refractivity contribution is 0.140. The van der Waals surface area contributed by atoms with Crippen LogP contribution in [0.2, 0.25) is 0 Å². The zero-order valence-corrected chi connectivity index (χ0v) is 13.1. The van der Waals surface area contributed by atoms with Crippen molar-refractivity contribution >= 4 is 5.82 Å². The number of nitrogens with zero attached hydrogens (tertiary/aromatic N) is 3. The van der Waals surface area contributed by atoms with E-state index < -0.39 is 0 Å². The largest absolute Gasteiger partial charge is 0.370 e. The molecule has 0 aliphatic carbocycles. The molecular formula is C16H28N4. The summed E-state index contributed by atoms with van der Waals surface area (Å²) in [5, 5.41) is 3.36. The lowest BCUT2D eigenvalue weighted by Crippen LogP contribution is -2.41. The van der Waals surface area contributed by atoms with Crippen LogP contribution in [0.5, 0.6) is 0 Å². The van der Waals surface area contributed by atoms with Crippen molar-refractivity contribution < 1.29 is 0 Å². The Bertz CT molecular complexity index is 397. The number of hydrogen-bond acceptors (Lipinski definition) is 4. The molecule has 0 aromatic carbocycles. The van der Waals surface area contributed by atoms with Crippen LogP contribution in [0.4, 0.5) is 5.82 Å². The second kappa shape index (κ2) is 7.60. The van der Waals surface area contributed by atoms with Crippen molar-refractivity contribution in [2.45, 2.75) is 38.8 Å². The summed E-state index contributed by atoms with van der Waals surface area (Å²) in [4.78, 5) is 9.28. The van der Waals surface area contributed by atoms with Gasteiger partial charge in [0.25, 0.3) is 0 Å². The minimum atomic E-state index is 0.755. The fourth-order valence-corrected chi connectivity index (χ4v) is 2.77. The second-order valence-corrected chi connectivity index (χ2v) is 5.95. The van der Waals surface area contributed by atoms with E-state index in [2.05, 4.69) is 53.3 Å². The number of rotatable bonds is 6. The molecule has 0 spiro atoms. The van der Waals surface area contributed by atoms with E-state index in [4.69, 9.17) is 0 Å². The number of piperidine rings is 1. The maximum absolute atomic E-state index is 4.37. The first-order valence-electron chi connectivity index (χ1n) is 7.76. The Morgan fingerprint density at radius 1 is 1.35 bits per heavy atom. The number of anilines is 1. The minimum Gasteiger partial charge on any atom is -0.370 e. The highest BCUT2D eigenvalue weighted by Crippen LogP contribution is 2.17. The van der Waals surface area contributed by atoms with E-state index in [0.29, 0.717) is 0 Å². The van der Waals surface area contributed by atoms with Crippen molar-refractivity contribution in [3.63, 3.8) is 0 Å². The summed E-state index contributed by atoms with van der Waals surface area (Å²) in [6.45, 7) is 6.60. The van der Waals surface area contributed by atoms with Gasteiger partial charge in [-0.3, -0.25) is 4.90 Å². The Balaban J connectivity index is 1.84. The van der Waals surface area contributed by atoms with E-state index >= 15 is 0 Å². The summed E-state index contributed by atoms with van der Waals surface area (Å²) in [5.74, 6) is 1.01. The number of aromatic nitrogens is 1. The van der Waals surface area contributed by atoms with Crippen LogP contribution in [0.15, 0.2) is 18.3 Å². The predicted molar refractivity (Wildman–Crippen MR) is 85.0 cm³/mol. The summed E-state index contributed by atoms with van der Waals surface area (Å²) in [6, 6.07) is 5.08. The van der Waals surface area contributed by atoms with Gasteiger partial charge in [-0.25, -0.2) is 4.98 Å². The van der Waals surface area contributed by atoms with Gasteiger partial charge in [-0.15, -0.1) is 0 Å². The normalized spacial score (nSPS) is 17.6. The molecule has 0 unspecified atom stereocenters. The van der Waals surface area contributed by atoms with Crippen molar-refractivity contribution in [3.8, 4) is 0 Å². The quantitative estimate of drug-likeness (QED) is 0.864. The van der Waals surface area contributed by atoms with Crippen LogP contribution in [0.1, 0.15) is 31.7 Å². The number of likely N-dealkylation sites (tertiary alicyclic amines) is 1. The molecule has 2 heterocycles. The molecule has 1 N–H and O–H groups in total. The molecule has 0 amide bonds. The van der Waals surface area contributed by atoms with Gasteiger partial charge in [0.15, 0.2) is 0 Å². The molecule has 1 aromatic heterocycles. The maximum Gasteiger partial charge on any atom is 0.126 e. The third kappa shape index (κ3) is 4.46. The first-order valence-corrected chi connectivity index (χ1v) is 7.76. The standard InChI is InChI=1S/C16H28N4/c1-4-8-17-16-12-14(5-9-18-16)13-20-10-6-15(7-11-20)19(2)3/h5,9,12,15H,4,6-8,10-11,13H2,1-3H3,(H,17,18). The van der Waals surface area contributed by atoms with Gasteiger partial charge in [0.2, 0.25) is 0 Å². The summed E-state index contributed by atoms with van der Waals surface area (Å²) in [7, 11) is 4.38. The van der Waals surface area contributed by atoms with Gasteiger partial charge < -0.3 is 10.2 Å². The number of nitrogens with one attached hydrogen (secondary N) is 1. The minimum absolute atomic E-state index is 0.755. The molecule has 4 heteroatoms. The molecule has 1 fully saturated rings. The van der Waals surface area contributed by atoms with Crippen LogP contribution >= 0.6 is 0 Å². The van der Waals surface area contributed by atoms with E-state index in [-0.39, 0.29) is 0 Å². The molecule has 2 rings (SSSR count). The highest BCUT2D eigenvalue weighted by molar-refractivity contribution is 5.37. The van der Waals surface area contributed by atoms with Crippen LogP contribution in [0, 0.1) is 0 Å². The fourth-order valence-electron chi connectivity index (χ4n) is 2.77. The van der Waals surface area contributed by atoms with Gasteiger partial charge in [-0.1, -0.05) is 6.92 Å². The Hall–Kier alpha value is -1.13. The molecular weight excluding hydrogens is 248 g/mol. The van der Waals surface area contributed by atoms with Gasteiger partial charge >= 0.3 is 0 Å². The number of pyridine rings is 1. The zero-order valence-electron chi connectivity index (χ0n) is 13.1. The Labute approximate surface area is 123 Å². The van der Waals surface area contributed by atoms with Crippen LogP contribution < -0.4 is 5.32 Å². The van der Waals surface area contributed by atoms with Gasteiger partial charge in [-0.2, -0.15) is 0 Å². The number of hydrogen-bond donors (Lipinski definition) is 1. The highest BCUT2D eigenvalue weighted by Gasteiger charge is 2.20. The summed E-state index contributed by atoms with van der Waals surface area (Å²) < 4.78 is 0. The summed E-state index contributed by atoms with van der Waals surface area (Å²) in [5.41, 5.74) is 1.36. The van der Waals surface area contributed by atoms with Gasteiger partial charge in [0, 0.05) is 25.3 Å². The molecule has 1 aliphatic heterocycles. The molecule has 0 saturated carbocycles. The van der Waals surface area contributed by atoms with Gasteiger partial charge in [-0.05, 0) is 64.1 Å². The molecule has 0 radical (unpaired) electrons. The van der Waals surface area contributed by atoms with E-state index in [1.54, 1.807) is 0 Å². The molecule has 4 nitrogen and oxygen atoms in total. The first-order chi connectivity index (χ1) is 9.69. The van der Waals surface area contributed by atoms with E-state index in [9.17, 15) is 0 Å². The Kier molecular flexibility index (Phi) is 5.80. The van der Waals surface area contributed by atoms with Crippen molar-refractivity contribution in [2.24, 2.45) is 0 Å². The zero-order chi connectivity index (χ0) is 14.4. The lowest BCUT2D eigenvalue weighted by Gasteiger charge is -2.35. The summed E-state index contributed by atoms with van der Waals surface area (Å²) >= 11 is 0. The average Bonchev–Trinajstić information content (AvgIpc) is 2.46. The van der Waals surface area contributed by atoms with Crippen molar-refractivity contribution in [3.05, 3.63) is 23.9 Å². The van der Waals surface area contributed by atoms with Crippen LogP contribution in [0.25, 0.3) is 0 Å². The monoisotopic (exact) mass is 276 g/mol. The molecule has 1 aliphatic rings. The highest BCUT2D eigenvalue weighted by atomic mass is 15.2. The molecule has 1 aromatic rings. The third-order valence-electron chi connectivity index (χ3n) is 4.07. The average molecular weight is 276 g/mol. The van der Waals surface area contributed by atoms with E-state index in [1.165, 1.54) is 31.5 Å². The summed E-state index contributed by atoms with van der Waals surface area (Å²) in [6.07, 6.45) is 5.60. The molecule has 0 atom stereocenters. The fraction of sp³-hybridized carbons (Fsp3) is 0.688. The maximum atomic E-state index is 4.37.